The van der Waals surface area contributed by atoms with E-state index in [1.807, 2.05) is 59.4 Å². The minimum absolute atomic E-state index is 0.549. The molecule has 0 amide bonds. The zero-order chi connectivity index (χ0) is 17.0. The number of aliphatic imine (C=N–C) groups is 1. The van der Waals surface area contributed by atoms with Crippen LogP contribution in [-0.2, 0) is 6.54 Å². The average Bonchev–Trinajstić information content (AvgIpc) is 3.03. The molecule has 2 aromatic rings. The summed E-state index contributed by atoms with van der Waals surface area (Å²) in [7, 11) is 3.75. The molecule has 3 rings (SSSR count). The largest absolute Gasteiger partial charge is 0.388 e. The van der Waals surface area contributed by atoms with Gasteiger partial charge in [-0.15, -0.1) is 0 Å². The van der Waals surface area contributed by atoms with Crippen LogP contribution in [0.4, 0.5) is 0 Å². The highest BCUT2D eigenvalue weighted by Crippen LogP contribution is 2.30. The van der Waals surface area contributed by atoms with Gasteiger partial charge >= 0.3 is 0 Å². The van der Waals surface area contributed by atoms with Crippen LogP contribution in [0.25, 0.3) is 5.69 Å². The summed E-state index contributed by atoms with van der Waals surface area (Å²) < 4.78 is 1.87. The Morgan fingerprint density at radius 2 is 2.12 bits per heavy atom. The third-order valence-corrected chi connectivity index (χ3v) is 4.51. The van der Waals surface area contributed by atoms with Gasteiger partial charge in [0.05, 0.1) is 17.5 Å². The van der Waals surface area contributed by atoms with Crippen molar-refractivity contribution >= 4 is 5.96 Å². The van der Waals surface area contributed by atoms with Gasteiger partial charge in [-0.2, -0.15) is 5.10 Å². The van der Waals surface area contributed by atoms with E-state index in [1.54, 1.807) is 7.05 Å². The Kier molecular flexibility index (Phi) is 4.85. The molecule has 24 heavy (non-hydrogen) atoms. The van der Waals surface area contributed by atoms with E-state index in [-0.39, 0.29) is 0 Å². The second kappa shape index (κ2) is 7.05. The quantitative estimate of drug-likeness (QED) is 0.649. The number of nitrogens with one attached hydrogen (secondary N) is 1. The predicted molar refractivity (Wildman–Crippen MR) is 95.2 cm³/mol. The van der Waals surface area contributed by atoms with Crippen molar-refractivity contribution in [1.29, 1.82) is 0 Å². The van der Waals surface area contributed by atoms with E-state index >= 15 is 0 Å². The number of aromatic nitrogens is 2. The summed E-state index contributed by atoms with van der Waals surface area (Å²) in [5.74, 6) is 0.780. The van der Waals surface area contributed by atoms with Crippen molar-refractivity contribution in [2.75, 3.05) is 20.6 Å². The normalized spacial score (nSPS) is 16.5. The summed E-state index contributed by atoms with van der Waals surface area (Å²) in [5, 5.41) is 17.9. The number of para-hydroxylation sites is 1. The molecule has 1 saturated carbocycles. The standard InChI is InChI=1S/C18H25N5O/c1-19-17(20-14-18(24)9-6-10-18)22(2)12-15-11-21-23(13-15)16-7-4-3-5-8-16/h3-5,7-8,11,13,24H,6,9-10,12,14H2,1-2H3,(H,19,20). The first-order valence-corrected chi connectivity index (χ1v) is 8.33. The Labute approximate surface area is 142 Å². The Bertz CT molecular complexity index is 690. The van der Waals surface area contributed by atoms with Crippen molar-refractivity contribution in [2.24, 2.45) is 4.99 Å². The minimum Gasteiger partial charge on any atom is -0.388 e. The van der Waals surface area contributed by atoms with Gasteiger partial charge in [0.2, 0.25) is 0 Å². The van der Waals surface area contributed by atoms with Gasteiger partial charge in [0.1, 0.15) is 0 Å². The fraction of sp³-hybridized carbons (Fsp3) is 0.444. The summed E-state index contributed by atoms with van der Waals surface area (Å²) in [4.78, 5) is 6.34. The van der Waals surface area contributed by atoms with Crippen LogP contribution in [0.2, 0.25) is 0 Å². The van der Waals surface area contributed by atoms with Crippen molar-refractivity contribution in [3.8, 4) is 5.69 Å². The van der Waals surface area contributed by atoms with E-state index in [0.717, 1.165) is 36.5 Å². The van der Waals surface area contributed by atoms with Crippen LogP contribution in [0.1, 0.15) is 24.8 Å². The van der Waals surface area contributed by atoms with Gasteiger partial charge < -0.3 is 15.3 Å². The Hall–Kier alpha value is -2.34. The molecule has 0 aliphatic heterocycles. The number of rotatable bonds is 5. The molecule has 6 heteroatoms. The molecule has 1 aliphatic carbocycles. The summed E-state index contributed by atoms with van der Waals surface area (Å²) in [6.45, 7) is 1.25. The van der Waals surface area contributed by atoms with Gasteiger partial charge in [0.15, 0.2) is 5.96 Å². The number of hydrogen-bond donors (Lipinski definition) is 2. The monoisotopic (exact) mass is 327 g/mol. The van der Waals surface area contributed by atoms with Crippen LogP contribution < -0.4 is 5.32 Å². The van der Waals surface area contributed by atoms with Gasteiger partial charge in [-0.25, -0.2) is 4.68 Å². The van der Waals surface area contributed by atoms with E-state index in [9.17, 15) is 5.11 Å². The SMILES string of the molecule is CN=C(NCC1(O)CCC1)N(C)Cc1cnn(-c2ccccc2)c1. The van der Waals surface area contributed by atoms with E-state index in [2.05, 4.69) is 15.4 Å². The smallest absolute Gasteiger partial charge is 0.193 e. The molecule has 0 atom stereocenters. The Balaban J connectivity index is 1.59. The third-order valence-electron chi connectivity index (χ3n) is 4.51. The van der Waals surface area contributed by atoms with Crippen molar-refractivity contribution < 1.29 is 5.11 Å². The fourth-order valence-corrected chi connectivity index (χ4v) is 2.90. The first-order valence-electron chi connectivity index (χ1n) is 8.33. The first-order chi connectivity index (χ1) is 11.6. The third kappa shape index (κ3) is 3.76. The summed E-state index contributed by atoms with van der Waals surface area (Å²) in [5.41, 5.74) is 1.59. The van der Waals surface area contributed by atoms with Gasteiger partial charge in [0.25, 0.3) is 0 Å². The van der Waals surface area contributed by atoms with Crippen LogP contribution in [0.5, 0.6) is 0 Å². The Morgan fingerprint density at radius 1 is 1.38 bits per heavy atom. The average molecular weight is 327 g/mol. The molecule has 0 spiro atoms. The molecule has 1 heterocycles. The molecular weight excluding hydrogens is 302 g/mol. The fourth-order valence-electron chi connectivity index (χ4n) is 2.90. The van der Waals surface area contributed by atoms with Gasteiger partial charge in [-0.1, -0.05) is 18.2 Å². The second-order valence-corrected chi connectivity index (χ2v) is 6.46. The number of aliphatic hydroxyl groups is 1. The maximum atomic E-state index is 10.2. The summed E-state index contributed by atoms with van der Waals surface area (Å²) in [6, 6.07) is 10.0. The maximum absolute atomic E-state index is 10.2. The van der Waals surface area contributed by atoms with Crippen LogP contribution >= 0.6 is 0 Å². The van der Waals surface area contributed by atoms with Crippen LogP contribution in [0, 0.1) is 0 Å². The molecular formula is C18H25N5O. The van der Waals surface area contributed by atoms with E-state index in [1.165, 1.54) is 0 Å². The molecule has 0 bridgehead atoms. The lowest BCUT2D eigenvalue weighted by molar-refractivity contribution is -0.0282. The zero-order valence-electron chi connectivity index (χ0n) is 14.3. The highest BCUT2D eigenvalue weighted by Gasteiger charge is 2.34. The molecule has 128 valence electrons. The lowest BCUT2D eigenvalue weighted by atomic mass is 9.80. The van der Waals surface area contributed by atoms with Gasteiger partial charge in [0, 0.05) is 38.9 Å². The Morgan fingerprint density at radius 3 is 2.75 bits per heavy atom. The van der Waals surface area contributed by atoms with E-state index in [0.29, 0.717) is 13.1 Å². The molecule has 2 N–H and O–H groups in total. The summed E-state index contributed by atoms with van der Waals surface area (Å²) in [6.07, 6.45) is 6.73. The van der Waals surface area contributed by atoms with Crippen LogP contribution in [0.15, 0.2) is 47.7 Å². The van der Waals surface area contributed by atoms with Crippen molar-refractivity contribution in [1.82, 2.24) is 20.0 Å². The molecule has 1 aromatic carbocycles. The predicted octanol–water partition coefficient (Wildman–Crippen LogP) is 1.79. The van der Waals surface area contributed by atoms with Gasteiger partial charge in [-0.3, -0.25) is 4.99 Å². The second-order valence-electron chi connectivity index (χ2n) is 6.46. The minimum atomic E-state index is -0.561. The number of guanidine groups is 1. The highest BCUT2D eigenvalue weighted by atomic mass is 16.3. The topological polar surface area (TPSA) is 65.7 Å². The molecule has 1 aromatic heterocycles. The lowest BCUT2D eigenvalue weighted by Crippen LogP contribution is -2.50. The number of nitrogens with zero attached hydrogens (tertiary/aromatic N) is 4. The molecule has 0 saturated heterocycles. The van der Waals surface area contributed by atoms with Gasteiger partial charge in [-0.05, 0) is 31.4 Å². The van der Waals surface area contributed by atoms with Crippen LogP contribution in [0.3, 0.4) is 0 Å². The highest BCUT2D eigenvalue weighted by molar-refractivity contribution is 5.79. The van der Waals surface area contributed by atoms with Crippen molar-refractivity contribution in [2.45, 2.75) is 31.4 Å². The van der Waals surface area contributed by atoms with Crippen molar-refractivity contribution in [3.05, 3.63) is 48.3 Å². The maximum Gasteiger partial charge on any atom is 0.193 e. The van der Waals surface area contributed by atoms with E-state index < -0.39 is 5.60 Å². The zero-order valence-corrected chi connectivity index (χ0v) is 14.3. The summed E-state index contributed by atoms with van der Waals surface area (Å²) >= 11 is 0. The molecule has 0 unspecified atom stereocenters. The lowest BCUT2D eigenvalue weighted by Gasteiger charge is -2.37. The first kappa shape index (κ1) is 16.5. The molecule has 1 fully saturated rings. The molecule has 0 radical (unpaired) electrons. The van der Waals surface area contributed by atoms with E-state index in [4.69, 9.17) is 0 Å². The van der Waals surface area contributed by atoms with Crippen molar-refractivity contribution in [3.63, 3.8) is 0 Å². The number of hydrogen-bond acceptors (Lipinski definition) is 3. The molecule has 6 nitrogen and oxygen atoms in total. The molecule has 1 aliphatic rings. The number of benzene rings is 1. The van der Waals surface area contributed by atoms with Crippen LogP contribution in [-0.4, -0.2) is 52.0 Å².